The molecular weight excluding hydrogens is 366 g/mol. The summed E-state index contributed by atoms with van der Waals surface area (Å²) in [5.74, 6) is 0.684. The Balaban J connectivity index is 1.86. The molecule has 1 aliphatic heterocycles. The molecular formula is C24H25NO4. The number of carbonyl (C=O) groups excluding carboxylic acids is 1. The lowest BCUT2D eigenvalue weighted by atomic mass is 9.89. The van der Waals surface area contributed by atoms with Crippen molar-refractivity contribution >= 4 is 22.6 Å². The van der Waals surface area contributed by atoms with E-state index >= 15 is 0 Å². The van der Waals surface area contributed by atoms with Gasteiger partial charge in [-0.15, -0.1) is 0 Å². The van der Waals surface area contributed by atoms with Crippen LogP contribution in [0.25, 0.3) is 10.8 Å². The zero-order valence-electron chi connectivity index (χ0n) is 16.5. The lowest BCUT2D eigenvalue weighted by Crippen LogP contribution is -2.31. The number of aliphatic hydroxyl groups excluding tert-OH is 1. The van der Waals surface area contributed by atoms with Crippen molar-refractivity contribution in [1.29, 1.82) is 0 Å². The average Bonchev–Trinajstić information content (AvgIpc) is 2.97. The fraction of sp³-hybridized carbons (Fsp3) is 0.292. The van der Waals surface area contributed by atoms with E-state index in [2.05, 4.69) is 0 Å². The second-order valence-corrected chi connectivity index (χ2v) is 7.27. The number of anilines is 1. The molecule has 3 aromatic rings. The summed E-state index contributed by atoms with van der Waals surface area (Å²) >= 11 is 0. The molecule has 0 radical (unpaired) electrons. The van der Waals surface area contributed by atoms with Crippen LogP contribution in [0.4, 0.5) is 10.5 Å². The number of fused-ring (bicyclic) bond motifs is 3. The Morgan fingerprint density at radius 2 is 1.83 bits per heavy atom. The van der Waals surface area contributed by atoms with Crippen molar-refractivity contribution in [2.75, 3.05) is 25.2 Å². The summed E-state index contributed by atoms with van der Waals surface area (Å²) in [5.41, 5.74) is 2.82. The number of methoxy groups -OCH3 is 1. The fourth-order valence-corrected chi connectivity index (χ4v) is 4.10. The molecule has 1 N–H and O–H groups in total. The molecule has 1 amide bonds. The molecule has 0 aliphatic carbocycles. The summed E-state index contributed by atoms with van der Waals surface area (Å²) in [4.78, 5) is 14.2. The Labute approximate surface area is 170 Å². The first-order chi connectivity index (χ1) is 14.2. The van der Waals surface area contributed by atoms with Gasteiger partial charge in [-0.05, 0) is 29.4 Å². The maximum absolute atomic E-state index is 12.5. The quantitative estimate of drug-likeness (QED) is 0.690. The first-order valence-electron chi connectivity index (χ1n) is 9.91. The fourth-order valence-electron chi connectivity index (χ4n) is 4.10. The van der Waals surface area contributed by atoms with E-state index in [-0.39, 0.29) is 12.5 Å². The summed E-state index contributed by atoms with van der Waals surface area (Å²) in [6.07, 6.45) is 1.21. The van der Waals surface area contributed by atoms with Crippen molar-refractivity contribution in [2.45, 2.75) is 25.4 Å². The molecule has 1 atom stereocenters. The lowest BCUT2D eigenvalue weighted by Gasteiger charge is -2.25. The molecule has 0 spiro atoms. The molecule has 29 heavy (non-hydrogen) atoms. The van der Waals surface area contributed by atoms with Gasteiger partial charge in [-0.25, -0.2) is 4.79 Å². The van der Waals surface area contributed by atoms with Crippen molar-refractivity contribution in [3.8, 4) is 5.75 Å². The van der Waals surface area contributed by atoms with Crippen LogP contribution in [0.1, 0.15) is 29.9 Å². The molecule has 0 fully saturated rings. The van der Waals surface area contributed by atoms with Crippen molar-refractivity contribution in [2.24, 2.45) is 0 Å². The van der Waals surface area contributed by atoms with E-state index in [0.717, 1.165) is 46.2 Å². The highest BCUT2D eigenvalue weighted by atomic mass is 16.5. The van der Waals surface area contributed by atoms with E-state index in [1.165, 1.54) is 7.11 Å². The lowest BCUT2D eigenvalue weighted by molar-refractivity contribution is 0.178. The molecule has 1 unspecified atom stereocenters. The van der Waals surface area contributed by atoms with Gasteiger partial charge < -0.3 is 14.6 Å². The highest BCUT2D eigenvalue weighted by Crippen LogP contribution is 2.43. The maximum atomic E-state index is 12.5. The van der Waals surface area contributed by atoms with Crippen LogP contribution in [-0.2, 0) is 11.3 Å². The number of aliphatic hydroxyl groups is 1. The summed E-state index contributed by atoms with van der Waals surface area (Å²) in [6.45, 7) is 1.02. The smallest absolute Gasteiger partial charge is 0.414 e. The van der Waals surface area contributed by atoms with Crippen LogP contribution in [0.5, 0.6) is 5.75 Å². The van der Waals surface area contributed by atoms with Gasteiger partial charge in [0, 0.05) is 23.9 Å². The van der Waals surface area contributed by atoms with Gasteiger partial charge in [0.05, 0.1) is 19.4 Å². The van der Waals surface area contributed by atoms with Gasteiger partial charge >= 0.3 is 6.09 Å². The summed E-state index contributed by atoms with van der Waals surface area (Å²) in [7, 11) is 1.39. The topological polar surface area (TPSA) is 59.0 Å². The number of nitrogens with zero attached hydrogens (tertiary/aromatic N) is 1. The van der Waals surface area contributed by atoms with E-state index in [9.17, 15) is 9.90 Å². The van der Waals surface area contributed by atoms with Gasteiger partial charge in [-0.2, -0.15) is 0 Å². The zero-order valence-corrected chi connectivity index (χ0v) is 16.5. The predicted molar refractivity (Wildman–Crippen MR) is 114 cm³/mol. The van der Waals surface area contributed by atoms with Crippen LogP contribution in [-0.4, -0.2) is 31.5 Å². The minimum atomic E-state index is -0.394. The normalized spacial score (nSPS) is 16.2. The molecule has 3 aromatic carbocycles. The minimum Gasteiger partial charge on any atom is -0.488 e. The number of carbonyl (C=O) groups is 1. The number of ether oxygens (including phenoxy) is 2. The second kappa shape index (κ2) is 8.53. The summed E-state index contributed by atoms with van der Waals surface area (Å²) in [5, 5.41) is 12.0. The molecule has 1 heterocycles. The Kier molecular flexibility index (Phi) is 5.67. The molecule has 1 aliphatic rings. The Bertz CT molecular complexity index is 1000. The first kappa shape index (κ1) is 19.3. The monoisotopic (exact) mass is 391 g/mol. The van der Waals surface area contributed by atoms with Gasteiger partial charge in [0.1, 0.15) is 12.4 Å². The summed E-state index contributed by atoms with van der Waals surface area (Å²) < 4.78 is 11.2. The summed E-state index contributed by atoms with van der Waals surface area (Å²) in [6, 6.07) is 19.9. The van der Waals surface area contributed by atoms with Crippen LogP contribution < -0.4 is 9.64 Å². The number of amides is 1. The molecule has 5 nitrogen and oxygen atoms in total. The molecule has 0 saturated carbocycles. The average molecular weight is 391 g/mol. The molecule has 0 saturated heterocycles. The van der Waals surface area contributed by atoms with Crippen molar-refractivity contribution < 1.29 is 19.4 Å². The van der Waals surface area contributed by atoms with E-state index < -0.39 is 6.09 Å². The third-order valence-corrected chi connectivity index (χ3v) is 5.51. The highest BCUT2D eigenvalue weighted by Gasteiger charge is 2.29. The van der Waals surface area contributed by atoms with Crippen LogP contribution in [0.15, 0.2) is 60.7 Å². The first-order valence-corrected chi connectivity index (χ1v) is 9.91. The standard InChI is InChI=1S/C24H25NO4/c1-28-24(27)25-13-7-10-18(15-26)23-20-12-6-5-11-19(20)22(14-21(23)25)29-16-17-8-3-2-4-9-17/h2-6,8-9,11-12,14,18,26H,7,10,13,15-16H2,1H3. The van der Waals surface area contributed by atoms with Crippen molar-refractivity contribution in [3.05, 3.63) is 71.8 Å². The maximum Gasteiger partial charge on any atom is 0.414 e. The number of benzene rings is 3. The van der Waals surface area contributed by atoms with Crippen molar-refractivity contribution in [1.82, 2.24) is 0 Å². The largest absolute Gasteiger partial charge is 0.488 e. The second-order valence-electron chi connectivity index (χ2n) is 7.27. The molecule has 5 heteroatoms. The van der Waals surface area contributed by atoms with Crippen LogP contribution >= 0.6 is 0 Å². The number of rotatable bonds is 4. The van der Waals surface area contributed by atoms with Crippen LogP contribution in [0.2, 0.25) is 0 Å². The van der Waals surface area contributed by atoms with Crippen LogP contribution in [0.3, 0.4) is 0 Å². The minimum absolute atomic E-state index is 0.0345. The van der Waals surface area contributed by atoms with Gasteiger partial charge in [0.25, 0.3) is 0 Å². The van der Waals surface area contributed by atoms with E-state index in [4.69, 9.17) is 9.47 Å². The molecule has 0 aromatic heterocycles. The van der Waals surface area contributed by atoms with Gasteiger partial charge in [-0.1, -0.05) is 54.6 Å². The Hall–Kier alpha value is -3.05. The number of hydrogen-bond acceptors (Lipinski definition) is 4. The van der Waals surface area contributed by atoms with Gasteiger partial charge in [0.2, 0.25) is 0 Å². The van der Waals surface area contributed by atoms with Crippen molar-refractivity contribution in [3.63, 3.8) is 0 Å². The predicted octanol–water partition coefficient (Wildman–Crippen LogP) is 4.86. The highest BCUT2D eigenvalue weighted by molar-refractivity contribution is 6.00. The zero-order chi connectivity index (χ0) is 20.2. The third kappa shape index (κ3) is 3.78. The molecule has 0 bridgehead atoms. The Morgan fingerprint density at radius 3 is 2.55 bits per heavy atom. The van der Waals surface area contributed by atoms with E-state index in [1.807, 2.05) is 60.7 Å². The SMILES string of the molecule is COC(=O)N1CCCC(CO)c2c1cc(OCc1ccccc1)c1ccccc21. The van der Waals surface area contributed by atoms with Crippen LogP contribution in [0, 0.1) is 0 Å². The molecule has 4 rings (SSSR count). The third-order valence-electron chi connectivity index (χ3n) is 5.51. The van der Waals surface area contributed by atoms with Gasteiger partial charge in [0.15, 0.2) is 0 Å². The Morgan fingerprint density at radius 1 is 1.10 bits per heavy atom. The number of hydrogen-bond donors (Lipinski definition) is 1. The van der Waals surface area contributed by atoms with E-state index in [0.29, 0.717) is 13.2 Å². The van der Waals surface area contributed by atoms with Gasteiger partial charge in [-0.3, -0.25) is 4.90 Å². The van der Waals surface area contributed by atoms with E-state index in [1.54, 1.807) is 4.90 Å². The molecule has 150 valence electrons.